The molecule has 0 N–H and O–H groups in total. The van der Waals surface area contributed by atoms with Gasteiger partial charge in [0.2, 0.25) is 0 Å². The Kier molecular flexibility index (Phi) is 3.02. The van der Waals surface area contributed by atoms with Crippen LogP contribution in [0.1, 0.15) is 5.56 Å². The molecule has 0 unspecified atom stereocenters. The maximum Gasteiger partial charge on any atom is 0.153 e. The molecule has 0 amide bonds. The average Bonchev–Trinajstić information content (AvgIpc) is 2.98. The fourth-order valence-electron chi connectivity index (χ4n) is 1.89. The van der Waals surface area contributed by atoms with Gasteiger partial charge in [-0.25, -0.2) is 9.37 Å². The lowest BCUT2D eigenvalue weighted by molar-refractivity contribution is 0.592. The fraction of sp³-hybridized carbons (Fsp3) is 0. The van der Waals surface area contributed by atoms with Gasteiger partial charge in [-0.3, -0.25) is 0 Å². The number of furan rings is 1. The van der Waals surface area contributed by atoms with Crippen LogP contribution in [0.2, 0.25) is 0 Å². The first kappa shape index (κ1) is 12.1. The van der Waals surface area contributed by atoms with Crippen LogP contribution >= 0.6 is 0 Å². The summed E-state index contributed by atoms with van der Waals surface area (Å²) in [7, 11) is 0. The van der Waals surface area contributed by atoms with Crippen LogP contribution in [0.3, 0.4) is 0 Å². The highest BCUT2D eigenvalue weighted by Gasteiger charge is 2.08. The summed E-state index contributed by atoms with van der Waals surface area (Å²) in [6.07, 6.45) is 1.15. The third-order valence-corrected chi connectivity index (χ3v) is 2.86. The van der Waals surface area contributed by atoms with Crippen molar-refractivity contribution in [1.29, 1.82) is 5.26 Å². The number of hydrogen-bond donors (Lipinski definition) is 0. The summed E-state index contributed by atoms with van der Waals surface area (Å²) in [6, 6.07) is 15.7. The summed E-state index contributed by atoms with van der Waals surface area (Å²) in [5.41, 5.74) is 1.95. The van der Waals surface area contributed by atoms with Crippen LogP contribution < -0.4 is 0 Å². The molecule has 4 heteroatoms. The molecule has 0 saturated heterocycles. The fourth-order valence-corrected chi connectivity index (χ4v) is 1.89. The second-order valence-corrected chi connectivity index (χ2v) is 4.22. The number of nitrogens with zero attached hydrogens (tertiary/aromatic N) is 2. The smallest absolute Gasteiger partial charge is 0.153 e. The van der Waals surface area contributed by atoms with Crippen molar-refractivity contribution in [2.24, 2.45) is 0 Å². The third kappa shape index (κ3) is 2.29. The van der Waals surface area contributed by atoms with Gasteiger partial charge in [0.05, 0.1) is 17.8 Å². The predicted octanol–water partition coefficient (Wildman–Crippen LogP) is 4.02. The van der Waals surface area contributed by atoms with E-state index in [0.29, 0.717) is 22.8 Å². The van der Waals surface area contributed by atoms with Crippen LogP contribution in [-0.4, -0.2) is 4.98 Å². The van der Waals surface area contributed by atoms with Crippen LogP contribution in [0.15, 0.2) is 59.1 Å². The van der Waals surface area contributed by atoms with Gasteiger partial charge in [-0.2, -0.15) is 5.26 Å². The first-order valence-corrected chi connectivity index (χ1v) is 5.98. The number of nitriles is 1. The molecule has 20 heavy (non-hydrogen) atoms. The van der Waals surface area contributed by atoms with Gasteiger partial charge < -0.3 is 4.42 Å². The van der Waals surface area contributed by atoms with Crippen molar-refractivity contribution >= 4 is 0 Å². The topological polar surface area (TPSA) is 49.8 Å². The maximum absolute atomic E-state index is 12.8. The summed E-state index contributed by atoms with van der Waals surface area (Å²) >= 11 is 0. The van der Waals surface area contributed by atoms with Gasteiger partial charge in [0.15, 0.2) is 5.76 Å². The summed E-state index contributed by atoms with van der Waals surface area (Å²) in [4.78, 5) is 3.97. The van der Waals surface area contributed by atoms with E-state index in [9.17, 15) is 4.39 Å². The molecule has 3 nitrogen and oxygen atoms in total. The van der Waals surface area contributed by atoms with Gasteiger partial charge in [0.25, 0.3) is 0 Å². The van der Waals surface area contributed by atoms with Gasteiger partial charge in [0.1, 0.15) is 17.3 Å². The van der Waals surface area contributed by atoms with Crippen molar-refractivity contribution in [1.82, 2.24) is 4.98 Å². The van der Waals surface area contributed by atoms with Crippen LogP contribution in [0.4, 0.5) is 4.39 Å². The number of pyridine rings is 1. The molecule has 1 aromatic carbocycles. The van der Waals surface area contributed by atoms with E-state index in [4.69, 9.17) is 9.68 Å². The summed E-state index contributed by atoms with van der Waals surface area (Å²) in [6.45, 7) is 0. The van der Waals surface area contributed by atoms with E-state index in [1.807, 2.05) is 6.07 Å². The SMILES string of the molecule is N#Cc1cccc(-c2ccc(-c3ccc(F)cn3)o2)c1. The Bertz CT molecular complexity index is 785. The minimum atomic E-state index is -0.387. The Morgan fingerprint density at radius 2 is 1.90 bits per heavy atom. The molecule has 96 valence electrons. The quantitative estimate of drug-likeness (QED) is 0.702. The zero-order valence-corrected chi connectivity index (χ0v) is 10.4. The van der Waals surface area contributed by atoms with Crippen LogP contribution in [0.25, 0.3) is 22.8 Å². The third-order valence-electron chi connectivity index (χ3n) is 2.86. The first-order chi connectivity index (χ1) is 9.76. The van der Waals surface area contributed by atoms with E-state index in [1.54, 1.807) is 36.4 Å². The largest absolute Gasteiger partial charge is 0.454 e. The minimum Gasteiger partial charge on any atom is -0.454 e. The lowest BCUT2D eigenvalue weighted by Crippen LogP contribution is -1.82. The zero-order valence-electron chi connectivity index (χ0n) is 10.4. The molecule has 0 aliphatic rings. The van der Waals surface area contributed by atoms with Gasteiger partial charge in [-0.15, -0.1) is 0 Å². The van der Waals surface area contributed by atoms with E-state index >= 15 is 0 Å². The second kappa shape index (κ2) is 4.98. The Morgan fingerprint density at radius 3 is 2.65 bits per heavy atom. The summed E-state index contributed by atoms with van der Waals surface area (Å²) in [5, 5.41) is 8.89. The molecule has 0 saturated carbocycles. The standard InChI is InChI=1S/C16H9FN2O/c17-13-4-5-14(19-10-13)16-7-6-15(20-16)12-3-1-2-11(8-12)9-18/h1-8,10H. The summed E-state index contributed by atoms with van der Waals surface area (Å²) < 4.78 is 18.5. The van der Waals surface area contributed by atoms with Gasteiger partial charge >= 0.3 is 0 Å². The van der Waals surface area contributed by atoms with Crippen molar-refractivity contribution in [2.75, 3.05) is 0 Å². The van der Waals surface area contributed by atoms with E-state index in [0.717, 1.165) is 11.8 Å². The molecule has 3 aromatic rings. The summed E-state index contributed by atoms with van der Waals surface area (Å²) in [5.74, 6) is 0.813. The molecule has 0 aliphatic carbocycles. The van der Waals surface area contributed by atoms with Crippen molar-refractivity contribution < 1.29 is 8.81 Å². The Hall–Kier alpha value is -2.93. The maximum atomic E-state index is 12.8. The highest BCUT2D eigenvalue weighted by atomic mass is 19.1. The number of benzene rings is 1. The van der Waals surface area contributed by atoms with Crippen molar-refractivity contribution in [2.45, 2.75) is 0 Å². The zero-order chi connectivity index (χ0) is 13.9. The minimum absolute atomic E-state index is 0.387. The molecule has 0 atom stereocenters. The van der Waals surface area contributed by atoms with Crippen LogP contribution in [0.5, 0.6) is 0 Å². The number of halogens is 1. The van der Waals surface area contributed by atoms with Crippen molar-refractivity contribution in [3.05, 3.63) is 66.1 Å². The number of rotatable bonds is 2. The lowest BCUT2D eigenvalue weighted by Gasteiger charge is -1.98. The Labute approximate surface area is 114 Å². The van der Waals surface area contributed by atoms with Gasteiger partial charge in [-0.1, -0.05) is 12.1 Å². The van der Waals surface area contributed by atoms with E-state index in [2.05, 4.69) is 11.1 Å². The Morgan fingerprint density at radius 1 is 1.05 bits per heavy atom. The van der Waals surface area contributed by atoms with E-state index in [1.165, 1.54) is 6.07 Å². The van der Waals surface area contributed by atoms with E-state index < -0.39 is 0 Å². The molecule has 0 aliphatic heterocycles. The predicted molar refractivity (Wildman–Crippen MR) is 72.0 cm³/mol. The van der Waals surface area contributed by atoms with Crippen LogP contribution in [0, 0.1) is 17.1 Å². The first-order valence-electron chi connectivity index (χ1n) is 5.98. The molecule has 0 spiro atoms. The highest BCUT2D eigenvalue weighted by Crippen LogP contribution is 2.27. The average molecular weight is 264 g/mol. The Balaban J connectivity index is 1.97. The normalized spacial score (nSPS) is 10.2. The van der Waals surface area contributed by atoms with Crippen LogP contribution in [-0.2, 0) is 0 Å². The number of hydrogen-bond acceptors (Lipinski definition) is 3. The molecule has 2 heterocycles. The molecule has 2 aromatic heterocycles. The van der Waals surface area contributed by atoms with Crippen molar-refractivity contribution in [3.8, 4) is 28.8 Å². The number of aromatic nitrogens is 1. The van der Waals surface area contributed by atoms with Crippen molar-refractivity contribution in [3.63, 3.8) is 0 Å². The molecule has 0 fully saturated rings. The monoisotopic (exact) mass is 264 g/mol. The highest BCUT2D eigenvalue weighted by molar-refractivity contribution is 5.64. The van der Waals surface area contributed by atoms with Gasteiger partial charge in [0, 0.05) is 5.56 Å². The lowest BCUT2D eigenvalue weighted by atomic mass is 10.1. The molecule has 0 radical (unpaired) electrons. The second-order valence-electron chi connectivity index (χ2n) is 4.22. The van der Waals surface area contributed by atoms with Gasteiger partial charge in [-0.05, 0) is 36.4 Å². The molecular weight excluding hydrogens is 255 g/mol. The molecule has 0 bridgehead atoms. The van der Waals surface area contributed by atoms with E-state index in [-0.39, 0.29) is 5.82 Å². The molecule has 3 rings (SSSR count). The molecular formula is C16H9FN2O.